The van der Waals surface area contributed by atoms with Crippen LogP contribution < -0.4 is 15.8 Å². The van der Waals surface area contributed by atoms with Gasteiger partial charge in [-0.3, -0.25) is 28.6 Å². The van der Waals surface area contributed by atoms with Crippen molar-refractivity contribution in [3.63, 3.8) is 0 Å². The molecular weight excluding hydrogens is 456 g/mol. The molecule has 0 saturated carbocycles. The van der Waals surface area contributed by atoms with Crippen molar-refractivity contribution >= 4 is 51.8 Å². The van der Waals surface area contributed by atoms with Gasteiger partial charge in [-0.1, -0.05) is 36.0 Å². The third-order valence-electron chi connectivity index (χ3n) is 5.70. The number of methoxy groups -OCH3 is 1. The number of hydrogen-bond acceptors (Lipinski definition) is 7. The molecular formula is C24H24N4O5S. The Morgan fingerprint density at radius 2 is 1.79 bits per heavy atom. The minimum Gasteiger partial charge on any atom is -0.468 e. The maximum absolute atomic E-state index is 13.7. The van der Waals surface area contributed by atoms with Crippen molar-refractivity contribution in [3.8, 4) is 0 Å². The Morgan fingerprint density at radius 3 is 2.53 bits per heavy atom. The summed E-state index contributed by atoms with van der Waals surface area (Å²) in [5, 5.41) is 2.68. The molecule has 1 atom stereocenters. The number of fused-ring (bicyclic) bond motifs is 2. The number of esters is 1. The van der Waals surface area contributed by atoms with Crippen molar-refractivity contribution in [3.05, 3.63) is 58.9 Å². The average Bonchev–Trinajstić information content (AvgIpc) is 2.81. The number of thioether (sulfide) groups is 1. The number of benzene rings is 2. The van der Waals surface area contributed by atoms with Crippen LogP contribution >= 0.6 is 11.8 Å². The van der Waals surface area contributed by atoms with Gasteiger partial charge in [0.2, 0.25) is 11.8 Å². The normalized spacial score (nSPS) is 15.4. The Hall–Kier alpha value is -3.66. The monoisotopic (exact) mass is 480 g/mol. The van der Waals surface area contributed by atoms with Crippen LogP contribution in [0.25, 0.3) is 10.9 Å². The molecule has 9 nitrogen and oxygen atoms in total. The first-order valence-electron chi connectivity index (χ1n) is 10.6. The zero-order chi connectivity index (χ0) is 24.6. The van der Waals surface area contributed by atoms with Crippen LogP contribution in [0.5, 0.6) is 0 Å². The molecule has 1 aromatic heterocycles. The molecule has 0 spiro atoms. The summed E-state index contributed by atoms with van der Waals surface area (Å²) < 4.78 is 5.96. The highest BCUT2D eigenvalue weighted by Crippen LogP contribution is 2.38. The van der Waals surface area contributed by atoms with Gasteiger partial charge in [0, 0.05) is 0 Å². The van der Waals surface area contributed by atoms with Crippen LogP contribution in [-0.4, -0.2) is 45.2 Å². The van der Waals surface area contributed by atoms with Gasteiger partial charge >= 0.3 is 5.97 Å². The van der Waals surface area contributed by atoms with Crippen molar-refractivity contribution < 1.29 is 19.1 Å². The van der Waals surface area contributed by atoms with E-state index in [0.717, 1.165) is 11.8 Å². The Morgan fingerprint density at radius 1 is 1.12 bits per heavy atom. The van der Waals surface area contributed by atoms with Gasteiger partial charge in [0.25, 0.3) is 5.56 Å². The summed E-state index contributed by atoms with van der Waals surface area (Å²) in [6.07, 6.45) is 0. The fourth-order valence-electron chi connectivity index (χ4n) is 3.81. The van der Waals surface area contributed by atoms with E-state index in [1.165, 1.54) is 16.6 Å². The first-order valence-corrected chi connectivity index (χ1v) is 11.5. The lowest BCUT2D eigenvalue weighted by atomic mass is 9.96. The molecule has 1 unspecified atom stereocenters. The summed E-state index contributed by atoms with van der Waals surface area (Å²) in [5.74, 6) is -1.24. The molecule has 0 bridgehead atoms. The Balaban J connectivity index is 1.74. The van der Waals surface area contributed by atoms with Crippen LogP contribution in [0, 0.1) is 0 Å². The molecule has 2 amide bonds. The lowest BCUT2D eigenvalue weighted by Crippen LogP contribution is -2.60. The van der Waals surface area contributed by atoms with Crippen molar-refractivity contribution in [1.29, 1.82) is 0 Å². The number of nitrogens with one attached hydrogen (secondary N) is 1. The number of rotatable bonds is 5. The summed E-state index contributed by atoms with van der Waals surface area (Å²) >= 11 is 1.05. The topological polar surface area (TPSA) is 111 Å². The van der Waals surface area contributed by atoms with E-state index in [-0.39, 0.29) is 23.5 Å². The summed E-state index contributed by atoms with van der Waals surface area (Å²) in [6, 6.07) is 13.9. The predicted molar refractivity (Wildman–Crippen MR) is 130 cm³/mol. The second kappa shape index (κ2) is 8.94. The van der Waals surface area contributed by atoms with Crippen molar-refractivity contribution in [2.24, 2.45) is 0 Å². The summed E-state index contributed by atoms with van der Waals surface area (Å²) in [4.78, 5) is 57.6. The van der Waals surface area contributed by atoms with E-state index in [1.54, 1.807) is 69.3 Å². The van der Waals surface area contributed by atoms with Crippen LogP contribution in [0.2, 0.25) is 0 Å². The molecule has 0 radical (unpaired) electrons. The Kier molecular flexibility index (Phi) is 6.18. The summed E-state index contributed by atoms with van der Waals surface area (Å²) in [7, 11) is 1.24. The number of aromatic nitrogens is 2. The van der Waals surface area contributed by atoms with Gasteiger partial charge in [0.05, 0.1) is 34.6 Å². The van der Waals surface area contributed by atoms with E-state index in [9.17, 15) is 19.2 Å². The molecule has 1 aliphatic rings. The molecule has 2 aromatic carbocycles. The van der Waals surface area contributed by atoms with E-state index in [1.807, 2.05) is 0 Å². The van der Waals surface area contributed by atoms with E-state index < -0.39 is 22.3 Å². The molecule has 0 saturated heterocycles. The van der Waals surface area contributed by atoms with Crippen molar-refractivity contribution in [2.45, 2.75) is 43.3 Å². The standard InChI is InChI=1S/C24H24N4O5S/c1-14(20(30)28-18-12-8-7-11-17(18)25-22(32)24(28,2)3)34-23-26-16-10-6-5-9-15(16)21(31)27(23)13-19(29)33-4/h5-12,14H,13H2,1-4H3,(H,25,32). The van der Waals surface area contributed by atoms with Gasteiger partial charge in [-0.25, -0.2) is 4.98 Å². The van der Waals surface area contributed by atoms with Gasteiger partial charge in [-0.2, -0.15) is 0 Å². The van der Waals surface area contributed by atoms with Crippen molar-refractivity contribution in [1.82, 2.24) is 9.55 Å². The number of carbonyl (C=O) groups is 3. The number of nitrogens with zero attached hydrogens (tertiary/aromatic N) is 3. The molecule has 1 aliphatic heterocycles. The van der Waals surface area contributed by atoms with E-state index in [0.29, 0.717) is 22.3 Å². The molecule has 0 fully saturated rings. The second-order valence-corrected chi connectivity index (χ2v) is 9.65. The van der Waals surface area contributed by atoms with Gasteiger partial charge in [-0.05, 0) is 45.0 Å². The van der Waals surface area contributed by atoms with E-state index in [2.05, 4.69) is 10.3 Å². The largest absolute Gasteiger partial charge is 0.468 e. The maximum Gasteiger partial charge on any atom is 0.325 e. The van der Waals surface area contributed by atoms with Crippen LogP contribution in [0.4, 0.5) is 11.4 Å². The predicted octanol–water partition coefficient (Wildman–Crippen LogP) is 2.81. The highest BCUT2D eigenvalue weighted by molar-refractivity contribution is 8.00. The lowest BCUT2D eigenvalue weighted by molar-refractivity contribution is -0.141. The molecule has 1 N–H and O–H groups in total. The van der Waals surface area contributed by atoms with Crippen LogP contribution in [0.1, 0.15) is 20.8 Å². The Bertz CT molecular complexity index is 1370. The van der Waals surface area contributed by atoms with Gasteiger partial charge in [0.1, 0.15) is 12.1 Å². The first-order chi connectivity index (χ1) is 16.1. The summed E-state index contributed by atoms with van der Waals surface area (Å²) in [5.41, 5.74) is 0.0506. The molecule has 176 valence electrons. The van der Waals surface area contributed by atoms with E-state index in [4.69, 9.17) is 4.74 Å². The molecule has 2 heterocycles. The third kappa shape index (κ3) is 4.05. The number of para-hydroxylation sites is 3. The maximum atomic E-state index is 13.7. The fraction of sp³-hybridized carbons (Fsp3) is 0.292. The molecule has 0 aliphatic carbocycles. The number of anilines is 2. The number of ether oxygens (including phenoxy) is 1. The minimum atomic E-state index is -1.14. The molecule has 10 heteroatoms. The zero-order valence-electron chi connectivity index (χ0n) is 19.2. The minimum absolute atomic E-state index is 0.211. The number of amides is 2. The van der Waals surface area contributed by atoms with Gasteiger partial charge < -0.3 is 10.1 Å². The third-order valence-corrected chi connectivity index (χ3v) is 6.78. The molecule has 34 heavy (non-hydrogen) atoms. The number of carbonyl (C=O) groups excluding carboxylic acids is 3. The van der Waals surface area contributed by atoms with Crippen LogP contribution in [0.15, 0.2) is 58.5 Å². The lowest BCUT2D eigenvalue weighted by Gasteiger charge is -2.43. The smallest absolute Gasteiger partial charge is 0.325 e. The van der Waals surface area contributed by atoms with Crippen molar-refractivity contribution in [2.75, 3.05) is 17.3 Å². The molecule has 4 rings (SSSR count). The second-order valence-electron chi connectivity index (χ2n) is 8.34. The fourth-order valence-corrected chi connectivity index (χ4v) is 4.76. The van der Waals surface area contributed by atoms with Crippen LogP contribution in [-0.2, 0) is 25.7 Å². The first kappa shape index (κ1) is 23.5. The van der Waals surface area contributed by atoms with Gasteiger partial charge in [-0.15, -0.1) is 0 Å². The highest BCUT2D eigenvalue weighted by Gasteiger charge is 2.45. The Labute approximate surface area is 200 Å². The highest BCUT2D eigenvalue weighted by atomic mass is 32.2. The zero-order valence-corrected chi connectivity index (χ0v) is 20.0. The van der Waals surface area contributed by atoms with Crippen LogP contribution in [0.3, 0.4) is 0 Å². The quantitative estimate of drug-likeness (QED) is 0.340. The SMILES string of the molecule is COC(=O)Cn1c(SC(C)C(=O)N2c3ccccc3NC(=O)C2(C)C)nc2ccccc2c1=O. The van der Waals surface area contributed by atoms with Gasteiger partial charge in [0.15, 0.2) is 5.16 Å². The molecule has 3 aromatic rings. The summed E-state index contributed by atoms with van der Waals surface area (Å²) in [6.45, 7) is 4.70. The number of hydrogen-bond donors (Lipinski definition) is 1. The van der Waals surface area contributed by atoms with E-state index >= 15 is 0 Å². The average molecular weight is 481 g/mol.